The van der Waals surface area contributed by atoms with Crippen LogP contribution in [-0.4, -0.2) is 44.3 Å². The molecule has 7 nitrogen and oxygen atoms in total. The molecule has 0 saturated heterocycles. The summed E-state index contributed by atoms with van der Waals surface area (Å²) >= 11 is 0. The average molecular weight is 568 g/mol. The number of carbonyl (C=O) groups excluding carboxylic acids is 2. The summed E-state index contributed by atoms with van der Waals surface area (Å²) in [5.41, 5.74) is 3.05. The van der Waals surface area contributed by atoms with Crippen molar-refractivity contribution in [1.29, 1.82) is 0 Å². The number of rotatable bonds is 12. The van der Waals surface area contributed by atoms with Crippen molar-refractivity contribution in [1.82, 2.24) is 10.2 Å². The van der Waals surface area contributed by atoms with Gasteiger partial charge in [0.25, 0.3) is 10.0 Å². The molecule has 40 heavy (non-hydrogen) atoms. The van der Waals surface area contributed by atoms with Gasteiger partial charge in [0, 0.05) is 18.7 Å². The van der Waals surface area contributed by atoms with Crippen molar-refractivity contribution < 1.29 is 22.4 Å². The number of nitrogens with zero attached hydrogens (tertiary/aromatic N) is 2. The van der Waals surface area contributed by atoms with E-state index in [1.54, 1.807) is 56.3 Å². The van der Waals surface area contributed by atoms with Gasteiger partial charge in [0.1, 0.15) is 18.4 Å². The Morgan fingerprint density at radius 3 is 2.27 bits per heavy atom. The van der Waals surface area contributed by atoms with E-state index in [0.29, 0.717) is 17.8 Å². The maximum absolute atomic E-state index is 14.6. The number of anilines is 1. The van der Waals surface area contributed by atoms with Crippen molar-refractivity contribution in [3.05, 3.63) is 94.8 Å². The van der Waals surface area contributed by atoms with Gasteiger partial charge in [-0.2, -0.15) is 0 Å². The number of hydrogen-bond acceptors (Lipinski definition) is 4. The summed E-state index contributed by atoms with van der Waals surface area (Å²) in [6.07, 6.45) is 1.66. The molecule has 3 aromatic rings. The minimum absolute atomic E-state index is 0.0396. The molecule has 1 N–H and O–H groups in total. The van der Waals surface area contributed by atoms with Crippen LogP contribution in [0, 0.1) is 26.6 Å². The van der Waals surface area contributed by atoms with Crippen molar-refractivity contribution in [2.75, 3.05) is 17.4 Å². The maximum atomic E-state index is 14.6. The second-order valence-corrected chi connectivity index (χ2v) is 11.8. The number of carbonyl (C=O) groups is 2. The number of hydrogen-bond donors (Lipinski definition) is 1. The third kappa shape index (κ3) is 7.27. The number of amides is 2. The van der Waals surface area contributed by atoms with Crippen LogP contribution in [0.25, 0.3) is 0 Å². The van der Waals surface area contributed by atoms with Crippen LogP contribution in [0.5, 0.6) is 0 Å². The van der Waals surface area contributed by atoms with Gasteiger partial charge in [-0.3, -0.25) is 13.9 Å². The molecule has 0 radical (unpaired) electrons. The maximum Gasteiger partial charge on any atom is 0.264 e. The Hall–Kier alpha value is -3.72. The molecule has 3 rings (SSSR count). The van der Waals surface area contributed by atoms with Crippen molar-refractivity contribution in [3.8, 4) is 0 Å². The first kappa shape index (κ1) is 30.8. The second-order valence-electron chi connectivity index (χ2n) is 9.98. The molecule has 1 unspecified atom stereocenters. The third-order valence-electron chi connectivity index (χ3n) is 7.03. The Bertz CT molecular complexity index is 1440. The Balaban J connectivity index is 2.05. The zero-order chi connectivity index (χ0) is 29.4. The van der Waals surface area contributed by atoms with Crippen LogP contribution in [0.1, 0.15) is 48.9 Å². The third-order valence-corrected chi connectivity index (χ3v) is 8.80. The first-order valence-electron chi connectivity index (χ1n) is 13.4. The van der Waals surface area contributed by atoms with Crippen LogP contribution < -0.4 is 9.62 Å². The Morgan fingerprint density at radius 1 is 0.950 bits per heavy atom. The van der Waals surface area contributed by atoms with Crippen LogP contribution in [0.3, 0.4) is 0 Å². The van der Waals surface area contributed by atoms with Crippen LogP contribution in [0.2, 0.25) is 0 Å². The van der Waals surface area contributed by atoms with Crippen LogP contribution >= 0.6 is 0 Å². The summed E-state index contributed by atoms with van der Waals surface area (Å²) in [6.45, 7) is 8.77. The highest BCUT2D eigenvalue weighted by Gasteiger charge is 2.33. The lowest BCUT2D eigenvalue weighted by Crippen LogP contribution is -2.51. The van der Waals surface area contributed by atoms with E-state index in [0.717, 1.165) is 28.3 Å². The first-order valence-corrected chi connectivity index (χ1v) is 14.9. The van der Waals surface area contributed by atoms with Gasteiger partial charge in [0.05, 0.1) is 10.6 Å². The molecule has 2 amide bonds. The molecule has 0 aromatic heterocycles. The number of halogens is 1. The fourth-order valence-electron chi connectivity index (χ4n) is 4.29. The van der Waals surface area contributed by atoms with Gasteiger partial charge in [-0.15, -0.1) is 0 Å². The van der Waals surface area contributed by atoms with E-state index in [2.05, 4.69) is 5.32 Å². The molecule has 0 bridgehead atoms. The number of sulfonamides is 1. The highest BCUT2D eigenvalue weighted by molar-refractivity contribution is 7.92. The molecule has 0 aliphatic rings. The summed E-state index contributed by atoms with van der Waals surface area (Å²) in [5, 5.41) is 2.82. The molecule has 0 spiro atoms. The summed E-state index contributed by atoms with van der Waals surface area (Å²) in [6, 6.07) is 16.7. The predicted octanol–water partition coefficient (Wildman–Crippen LogP) is 5.28. The minimum atomic E-state index is -4.17. The molecule has 3 aromatic carbocycles. The number of benzene rings is 3. The smallest absolute Gasteiger partial charge is 0.264 e. The normalized spacial score (nSPS) is 12.1. The summed E-state index contributed by atoms with van der Waals surface area (Å²) < 4.78 is 43.7. The van der Waals surface area contributed by atoms with Crippen LogP contribution in [0.4, 0.5) is 10.1 Å². The number of aryl methyl sites for hydroxylation is 2. The molecule has 9 heteroatoms. The van der Waals surface area contributed by atoms with Crippen molar-refractivity contribution >= 4 is 27.5 Å². The molecule has 0 aliphatic heterocycles. The van der Waals surface area contributed by atoms with Crippen LogP contribution in [0.15, 0.2) is 71.6 Å². The molecule has 214 valence electrons. The molecular weight excluding hydrogens is 529 g/mol. The summed E-state index contributed by atoms with van der Waals surface area (Å²) in [4.78, 5) is 28.3. The molecule has 1 atom stereocenters. The zero-order valence-electron chi connectivity index (χ0n) is 23.8. The van der Waals surface area contributed by atoms with E-state index in [9.17, 15) is 22.4 Å². The van der Waals surface area contributed by atoms with Crippen molar-refractivity contribution in [2.45, 2.75) is 64.9 Å². The van der Waals surface area contributed by atoms with E-state index in [1.165, 1.54) is 23.1 Å². The van der Waals surface area contributed by atoms with E-state index in [4.69, 9.17) is 0 Å². The molecular formula is C31H38FN3O4S. The van der Waals surface area contributed by atoms with Gasteiger partial charge in [-0.05, 0) is 69.5 Å². The van der Waals surface area contributed by atoms with Gasteiger partial charge < -0.3 is 10.2 Å². The lowest BCUT2D eigenvalue weighted by Gasteiger charge is -2.32. The lowest BCUT2D eigenvalue weighted by molar-refractivity contribution is -0.139. The fraction of sp³-hybridized carbons (Fsp3) is 0.355. The van der Waals surface area contributed by atoms with E-state index < -0.39 is 40.2 Å². The zero-order valence-corrected chi connectivity index (χ0v) is 24.6. The topological polar surface area (TPSA) is 86.8 Å². The molecule has 0 aliphatic carbocycles. The van der Waals surface area contributed by atoms with Gasteiger partial charge in [-0.1, -0.05) is 61.4 Å². The summed E-state index contributed by atoms with van der Waals surface area (Å²) in [7, 11) is -4.17. The van der Waals surface area contributed by atoms with Crippen LogP contribution in [-0.2, 0) is 26.2 Å². The first-order chi connectivity index (χ1) is 19.0. The fourth-order valence-corrected chi connectivity index (χ4v) is 5.76. The van der Waals surface area contributed by atoms with Gasteiger partial charge in [-0.25, -0.2) is 12.8 Å². The Kier molecular flexibility index (Phi) is 10.5. The highest BCUT2D eigenvalue weighted by atomic mass is 32.2. The second kappa shape index (κ2) is 13.6. The molecule has 0 fully saturated rings. The Morgan fingerprint density at radius 2 is 1.62 bits per heavy atom. The Labute approximate surface area is 237 Å². The predicted molar refractivity (Wildman–Crippen MR) is 156 cm³/mol. The van der Waals surface area contributed by atoms with E-state index >= 15 is 0 Å². The van der Waals surface area contributed by atoms with Crippen molar-refractivity contribution in [3.63, 3.8) is 0 Å². The van der Waals surface area contributed by atoms with E-state index in [1.807, 2.05) is 26.8 Å². The van der Waals surface area contributed by atoms with E-state index in [-0.39, 0.29) is 17.0 Å². The van der Waals surface area contributed by atoms with Gasteiger partial charge >= 0.3 is 0 Å². The minimum Gasteiger partial charge on any atom is -0.354 e. The lowest BCUT2D eigenvalue weighted by atomic mass is 10.1. The molecule has 0 heterocycles. The highest BCUT2D eigenvalue weighted by Crippen LogP contribution is 2.29. The number of nitrogens with one attached hydrogen (secondary N) is 1. The molecule has 0 saturated carbocycles. The number of unbranched alkanes of at least 4 members (excludes halogenated alkanes) is 1. The van der Waals surface area contributed by atoms with Crippen molar-refractivity contribution in [2.24, 2.45) is 0 Å². The summed E-state index contributed by atoms with van der Waals surface area (Å²) in [5.74, 6) is -1.53. The SMILES string of the molecule is CCCCNC(=O)C(C)N(Cc1ccccc1F)C(=O)CN(c1cccc(C)c1C)S(=O)(=O)c1ccc(C)cc1. The average Bonchev–Trinajstić information content (AvgIpc) is 2.92. The standard InChI is InChI=1S/C31H38FN3O4S/c1-6-7-19-33-31(37)25(5)34(20-26-12-8-9-13-28(26)32)30(36)21-35(29-14-10-11-23(3)24(29)4)40(38,39)27-17-15-22(2)16-18-27/h8-18,25H,6-7,19-21H2,1-5H3,(H,33,37). The monoisotopic (exact) mass is 567 g/mol. The van der Waals surface area contributed by atoms with Gasteiger partial charge in [0.2, 0.25) is 11.8 Å². The quantitative estimate of drug-likeness (QED) is 0.302. The largest absolute Gasteiger partial charge is 0.354 e. The van der Waals surface area contributed by atoms with Gasteiger partial charge in [0.15, 0.2) is 0 Å².